The second-order valence-corrected chi connectivity index (χ2v) is 11.8. The van der Waals surface area contributed by atoms with Crippen molar-refractivity contribution in [3.05, 3.63) is 94.6 Å². The summed E-state index contributed by atoms with van der Waals surface area (Å²) in [4.78, 5) is 20.2. The third-order valence-corrected chi connectivity index (χ3v) is 8.12. The Labute approximate surface area is 245 Å². The van der Waals surface area contributed by atoms with E-state index < -0.39 is 0 Å². The predicted octanol–water partition coefficient (Wildman–Crippen LogP) is 9.76. The van der Waals surface area contributed by atoms with Crippen LogP contribution in [0.15, 0.2) is 73.4 Å². The number of carbonyl (C=O) groups is 1. The van der Waals surface area contributed by atoms with Crippen LogP contribution in [-0.4, -0.2) is 22.5 Å². The number of amidine groups is 1. The van der Waals surface area contributed by atoms with Gasteiger partial charge in [0.2, 0.25) is 0 Å². The third kappa shape index (κ3) is 6.69. The van der Waals surface area contributed by atoms with Gasteiger partial charge in [-0.05, 0) is 110 Å². The van der Waals surface area contributed by atoms with Crippen molar-refractivity contribution in [1.29, 1.82) is 0 Å². The lowest BCUT2D eigenvalue weighted by atomic mass is 10.2. The van der Waals surface area contributed by atoms with E-state index in [9.17, 15) is 4.79 Å². The molecule has 3 aromatic rings. The van der Waals surface area contributed by atoms with E-state index in [1.54, 1.807) is 29.2 Å². The van der Waals surface area contributed by atoms with E-state index in [-0.39, 0.29) is 12.5 Å². The van der Waals surface area contributed by atoms with Crippen molar-refractivity contribution in [3.8, 4) is 5.75 Å². The number of amides is 1. The zero-order chi connectivity index (χ0) is 25.8. The van der Waals surface area contributed by atoms with Gasteiger partial charge < -0.3 is 4.74 Å². The highest BCUT2D eigenvalue weighted by Gasteiger charge is 2.32. The predicted molar refractivity (Wildman–Crippen MR) is 159 cm³/mol. The van der Waals surface area contributed by atoms with Gasteiger partial charge in [-0.3, -0.25) is 9.69 Å². The lowest BCUT2D eigenvalue weighted by Gasteiger charge is -2.14. The largest absolute Gasteiger partial charge is 0.486 e. The molecule has 3 aromatic carbocycles. The summed E-state index contributed by atoms with van der Waals surface area (Å²) in [5.41, 5.74) is 2.40. The highest BCUT2D eigenvalue weighted by molar-refractivity contribution is 9.11. The van der Waals surface area contributed by atoms with E-state index in [1.165, 1.54) is 11.8 Å². The maximum atomic E-state index is 13.2. The Kier molecular flexibility index (Phi) is 9.47. The van der Waals surface area contributed by atoms with Crippen molar-refractivity contribution in [2.24, 2.45) is 4.99 Å². The van der Waals surface area contributed by atoms with E-state index in [0.29, 0.717) is 37.4 Å². The first-order chi connectivity index (χ1) is 17.2. The summed E-state index contributed by atoms with van der Waals surface area (Å²) in [5.74, 6) is 0.561. The van der Waals surface area contributed by atoms with Crippen molar-refractivity contribution in [2.75, 3.05) is 6.54 Å². The molecule has 4 nitrogen and oxygen atoms in total. The molecule has 0 aliphatic carbocycles. The number of hydrogen-bond acceptors (Lipinski definition) is 4. The first kappa shape index (κ1) is 27.6. The summed E-state index contributed by atoms with van der Waals surface area (Å²) < 4.78 is 7.49. The highest BCUT2D eigenvalue weighted by atomic mass is 79.9. The Bertz CT molecular complexity index is 1340. The molecule has 186 valence electrons. The average Bonchev–Trinajstić information content (AvgIpc) is 3.10. The van der Waals surface area contributed by atoms with E-state index in [0.717, 1.165) is 32.2 Å². The number of ether oxygens (including phenoxy) is 1. The van der Waals surface area contributed by atoms with Gasteiger partial charge in [0.05, 0.1) is 19.5 Å². The molecule has 0 N–H and O–H groups in total. The van der Waals surface area contributed by atoms with Crippen LogP contribution >= 0.6 is 78.4 Å². The second kappa shape index (κ2) is 12.4. The summed E-state index contributed by atoms with van der Waals surface area (Å²) in [5, 5.41) is 2.40. The summed E-state index contributed by atoms with van der Waals surface area (Å²) in [6.45, 7) is 2.89. The fourth-order valence-electron chi connectivity index (χ4n) is 3.38. The zero-order valence-electron chi connectivity index (χ0n) is 18.9. The van der Waals surface area contributed by atoms with Crippen molar-refractivity contribution < 1.29 is 9.53 Å². The standard InChI is InChI=1S/C26H19Br2Cl3N2O2S/c1-2-9-33-25(34)23(36-26(33)32-19-7-5-17(29)6-8-19)12-15-10-20(27)24(21(28)11-15)35-14-16-3-4-18(30)13-22(16)31/h3-8,10-13H,2,9,14H2,1H3/b23-12-,32-26?. The Morgan fingerprint density at radius 3 is 2.31 bits per heavy atom. The number of nitrogens with zero attached hydrogens (tertiary/aromatic N) is 2. The van der Waals surface area contributed by atoms with Gasteiger partial charge in [-0.25, -0.2) is 4.99 Å². The number of halogens is 5. The number of rotatable bonds is 7. The first-order valence-electron chi connectivity index (χ1n) is 10.9. The van der Waals surface area contributed by atoms with Crippen molar-refractivity contribution >= 4 is 101 Å². The molecule has 1 amide bonds. The second-order valence-electron chi connectivity index (χ2n) is 7.78. The lowest BCUT2D eigenvalue weighted by Crippen LogP contribution is -2.29. The molecule has 0 aromatic heterocycles. The molecular formula is C26H19Br2Cl3N2O2S. The highest BCUT2D eigenvalue weighted by Crippen LogP contribution is 2.39. The third-order valence-electron chi connectivity index (χ3n) is 5.09. The van der Waals surface area contributed by atoms with Crippen LogP contribution in [0.1, 0.15) is 24.5 Å². The summed E-state index contributed by atoms with van der Waals surface area (Å²) in [6, 6.07) is 16.3. The van der Waals surface area contributed by atoms with Crippen LogP contribution in [0.3, 0.4) is 0 Å². The zero-order valence-corrected chi connectivity index (χ0v) is 25.2. The fourth-order valence-corrected chi connectivity index (χ4v) is 6.44. The Morgan fingerprint density at radius 2 is 1.67 bits per heavy atom. The number of benzene rings is 3. The monoisotopic (exact) mass is 686 g/mol. The SMILES string of the molecule is CCCN1C(=O)/C(=C/c2cc(Br)c(OCc3ccc(Cl)cc3Cl)c(Br)c2)SC1=Nc1ccc(Cl)cc1. The van der Waals surface area contributed by atoms with Gasteiger partial charge in [0.25, 0.3) is 5.91 Å². The molecule has 1 aliphatic heterocycles. The van der Waals surface area contributed by atoms with Gasteiger partial charge in [0.15, 0.2) is 5.17 Å². The average molecular weight is 690 g/mol. The molecule has 1 saturated heterocycles. The Morgan fingerprint density at radius 1 is 1.00 bits per heavy atom. The van der Waals surface area contributed by atoms with E-state index in [2.05, 4.69) is 36.9 Å². The molecule has 0 atom stereocenters. The molecule has 0 saturated carbocycles. The molecular weight excluding hydrogens is 671 g/mol. The van der Waals surface area contributed by atoms with Gasteiger partial charge in [-0.15, -0.1) is 0 Å². The van der Waals surface area contributed by atoms with Gasteiger partial charge >= 0.3 is 0 Å². The molecule has 36 heavy (non-hydrogen) atoms. The minimum absolute atomic E-state index is 0.0699. The summed E-state index contributed by atoms with van der Waals surface area (Å²) in [6.07, 6.45) is 2.68. The molecule has 0 bridgehead atoms. The van der Waals surface area contributed by atoms with Gasteiger partial charge in [0, 0.05) is 27.2 Å². The lowest BCUT2D eigenvalue weighted by molar-refractivity contribution is -0.122. The summed E-state index contributed by atoms with van der Waals surface area (Å²) in [7, 11) is 0. The smallest absolute Gasteiger partial charge is 0.266 e. The number of hydrogen-bond donors (Lipinski definition) is 0. The Hall–Kier alpha value is -1.48. The number of aliphatic imine (C=N–C) groups is 1. The maximum absolute atomic E-state index is 13.2. The molecule has 0 spiro atoms. The van der Waals surface area contributed by atoms with Gasteiger partial charge in [-0.1, -0.05) is 47.8 Å². The first-order valence-corrected chi connectivity index (χ1v) is 14.4. The Balaban J connectivity index is 1.57. The van der Waals surface area contributed by atoms with Gasteiger partial charge in [-0.2, -0.15) is 0 Å². The number of thioether (sulfide) groups is 1. The van der Waals surface area contributed by atoms with Crippen LogP contribution in [0, 0.1) is 0 Å². The fraction of sp³-hybridized carbons (Fsp3) is 0.154. The maximum Gasteiger partial charge on any atom is 0.266 e. The van der Waals surface area contributed by atoms with Gasteiger partial charge in [0.1, 0.15) is 12.4 Å². The van der Waals surface area contributed by atoms with E-state index >= 15 is 0 Å². The molecule has 1 aliphatic rings. The quantitative estimate of drug-likeness (QED) is 0.232. The number of carbonyl (C=O) groups excluding carboxylic acids is 1. The molecule has 1 heterocycles. The van der Waals surface area contributed by atoms with Crippen LogP contribution in [0.2, 0.25) is 15.1 Å². The minimum Gasteiger partial charge on any atom is -0.486 e. The van der Waals surface area contributed by atoms with E-state index in [1.807, 2.05) is 43.3 Å². The normalized spacial score (nSPS) is 15.8. The van der Waals surface area contributed by atoms with Crippen molar-refractivity contribution in [1.82, 2.24) is 4.90 Å². The summed E-state index contributed by atoms with van der Waals surface area (Å²) >= 11 is 26.8. The molecule has 0 radical (unpaired) electrons. The topological polar surface area (TPSA) is 41.9 Å². The van der Waals surface area contributed by atoms with E-state index in [4.69, 9.17) is 39.5 Å². The van der Waals surface area contributed by atoms with Crippen LogP contribution in [0.4, 0.5) is 5.69 Å². The molecule has 1 fully saturated rings. The van der Waals surface area contributed by atoms with Crippen LogP contribution in [0.5, 0.6) is 5.75 Å². The van der Waals surface area contributed by atoms with Crippen molar-refractivity contribution in [2.45, 2.75) is 20.0 Å². The van der Waals surface area contributed by atoms with Crippen LogP contribution in [0.25, 0.3) is 6.08 Å². The van der Waals surface area contributed by atoms with Crippen LogP contribution in [-0.2, 0) is 11.4 Å². The molecule has 10 heteroatoms. The minimum atomic E-state index is -0.0699. The molecule has 0 unspecified atom stereocenters. The van der Waals surface area contributed by atoms with Crippen molar-refractivity contribution in [3.63, 3.8) is 0 Å². The van der Waals surface area contributed by atoms with Crippen LogP contribution < -0.4 is 4.74 Å². The molecule has 4 rings (SSSR count).